The highest BCUT2D eigenvalue weighted by Gasteiger charge is 2.30. The van der Waals surface area contributed by atoms with Crippen LogP contribution < -0.4 is 5.32 Å². The zero-order chi connectivity index (χ0) is 26.3. The van der Waals surface area contributed by atoms with Crippen LogP contribution >= 0.6 is 11.6 Å². The number of rotatable bonds is 5. The van der Waals surface area contributed by atoms with Crippen LogP contribution in [0.15, 0.2) is 66.3 Å². The number of hydrogen-bond donors (Lipinski definition) is 1. The van der Waals surface area contributed by atoms with Crippen molar-refractivity contribution in [2.24, 2.45) is 0 Å². The summed E-state index contributed by atoms with van der Waals surface area (Å²) in [7, 11) is 0. The van der Waals surface area contributed by atoms with E-state index in [1.165, 1.54) is 28.3 Å². The van der Waals surface area contributed by atoms with Crippen molar-refractivity contribution >= 4 is 40.4 Å². The Labute approximate surface area is 223 Å². The van der Waals surface area contributed by atoms with Crippen LogP contribution in [0.3, 0.4) is 0 Å². The Morgan fingerprint density at radius 2 is 1.89 bits per heavy atom. The van der Waals surface area contributed by atoms with E-state index in [0.29, 0.717) is 18.1 Å². The Kier molecular flexibility index (Phi) is 6.82. The lowest BCUT2D eigenvalue weighted by atomic mass is 9.88. The number of halogens is 1. The lowest BCUT2D eigenvalue weighted by Crippen LogP contribution is -2.61. The van der Waals surface area contributed by atoms with E-state index < -0.39 is 0 Å². The molecule has 0 radical (unpaired) electrons. The molecule has 2 amide bonds. The van der Waals surface area contributed by atoms with Crippen molar-refractivity contribution in [1.29, 1.82) is 0 Å². The van der Waals surface area contributed by atoms with Gasteiger partial charge in [-0.15, -0.1) is 0 Å². The van der Waals surface area contributed by atoms with E-state index in [1.54, 1.807) is 4.90 Å². The van der Waals surface area contributed by atoms with Gasteiger partial charge in [-0.05, 0) is 74.6 Å². The molecule has 2 aromatic carbocycles. The van der Waals surface area contributed by atoms with Gasteiger partial charge >= 0.3 is 0 Å². The predicted molar refractivity (Wildman–Crippen MR) is 152 cm³/mol. The first-order valence-corrected chi connectivity index (χ1v) is 13.1. The maximum atomic E-state index is 13.1. The van der Waals surface area contributed by atoms with Crippen LogP contribution in [-0.2, 0) is 22.6 Å². The van der Waals surface area contributed by atoms with Gasteiger partial charge in [0.1, 0.15) is 6.54 Å². The second-order valence-corrected chi connectivity index (χ2v) is 10.5. The van der Waals surface area contributed by atoms with Gasteiger partial charge in [0.2, 0.25) is 11.8 Å². The summed E-state index contributed by atoms with van der Waals surface area (Å²) in [5, 5.41) is 4.78. The summed E-state index contributed by atoms with van der Waals surface area (Å²) in [6.07, 6.45) is 7.78. The molecule has 1 fully saturated rings. The zero-order valence-electron chi connectivity index (χ0n) is 21.6. The second kappa shape index (κ2) is 10.1. The molecule has 6 heteroatoms. The Hall–Kier alpha value is -3.57. The summed E-state index contributed by atoms with van der Waals surface area (Å²) in [6, 6.07) is 12.3. The number of likely N-dealkylation sites (tertiary alicyclic amines) is 1. The van der Waals surface area contributed by atoms with Gasteiger partial charge in [-0.2, -0.15) is 0 Å². The fraction of sp³-hybridized carbons (Fsp3) is 0.290. The lowest BCUT2D eigenvalue weighted by Gasteiger charge is -2.38. The number of hydrogen-bond acceptors (Lipinski definition) is 2. The molecular weight excluding hydrogens is 482 g/mol. The molecular formula is C31H32ClN3O2. The summed E-state index contributed by atoms with van der Waals surface area (Å²) in [5.74, 6) is -0.177. The molecule has 37 heavy (non-hydrogen) atoms. The first-order valence-electron chi connectivity index (χ1n) is 12.7. The van der Waals surface area contributed by atoms with Crippen molar-refractivity contribution in [1.82, 2.24) is 14.8 Å². The van der Waals surface area contributed by atoms with Crippen molar-refractivity contribution in [2.45, 2.75) is 46.2 Å². The van der Waals surface area contributed by atoms with Gasteiger partial charge in [0.15, 0.2) is 0 Å². The maximum Gasteiger partial charge on any atom is 0.246 e. The highest BCUT2D eigenvalue weighted by atomic mass is 35.5. The van der Waals surface area contributed by atoms with Crippen molar-refractivity contribution < 1.29 is 9.59 Å². The van der Waals surface area contributed by atoms with Gasteiger partial charge < -0.3 is 14.8 Å². The van der Waals surface area contributed by atoms with Crippen molar-refractivity contribution in [3.63, 3.8) is 0 Å². The van der Waals surface area contributed by atoms with Crippen LogP contribution in [0.4, 0.5) is 0 Å². The van der Waals surface area contributed by atoms with Crippen LogP contribution in [-0.4, -0.2) is 40.4 Å². The predicted octanol–water partition coefficient (Wildman–Crippen LogP) is 6.08. The van der Waals surface area contributed by atoms with Crippen LogP contribution in [0.1, 0.15) is 37.1 Å². The summed E-state index contributed by atoms with van der Waals surface area (Å²) in [5.41, 5.74) is 9.54. The molecule has 0 atom stereocenters. The van der Waals surface area contributed by atoms with E-state index in [1.807, 2.05) is 18.2 Å². The highest BCUT2D eigenvalue weighted by molar-refractivity contribution is 6.31. The Morgan fingerprint density at radius 3 is 2.65 bits per heavy atom. The number of nitrogens with one attached hydrogen (secondary N) is 1. The fourth-order valence-electron chi connectivity index (χ4n) is 5.41. The minimum atomic E-state index is -0.105. The standard InChI is InChI=1S/C31H32ClN3O2/c1-5-30(37)34-16-24(17-34)33-29(36)18-35-21(4)31(27-15-23(32)12-14-28(27)35)26-8-6-7-22-11-9-19(2)20(3)10-13-25(22)26/h5-8,10,12-15,24H,1,9,11,16-18H2,2-4H3,(H,33,36)/b13-10-,20-19+. The number of aromatic nitrogens is 1. The molecule has 1 aliphatic carbocycles. The Morgan fingerprint density at radius 1 is 1.11 bits per heavy atom. The summed E-state index contributed by atoms with van der Waals surface area (Å²) < 4.78 is 2.07. The number of fused-ring (bicyclic) bond motifs is 2. The molecule has 3 aromatic rings. The van der Waals surface area contributed by atoms with Crippen LogP contribution in [0.2, 0.25) is 5.02 Å². The van der Waals surface area contributed by atoms with Crippen molar-refractivity contribution in [3.8, 4) is 11.1 Å². The Balaban J connectivity index is 1.52. The first-order chi connectivity index (χ1) is 17.8. The van der Waals surface area contributed by atoms with E-state index in [0.717, 1.165) is 40.6 Å². The molecule has 2 aliphatic rings. The van der Waals surface area contributed by atoms with Gasteiger partial charge in [-0.25, -0.2) is 0 Å². The zero-order valence-corrected chi connectivity index (χ0v) is 22.4. The molecule has 1 saturated heterocycles. The quantitative estimate of drug-likeness (QED) is 0.420. The number of allylic oxidation sites excluding steroid dienone is 3. The van der Waals surface area contributed by atoms with Crippen LogP contribution in [0.25, 0.3) is 28.1 Å². The third-order valence-electron chi connectivity index (χ3n) is 7.73. The van der Waals surface area contributed by atoms with Gasteiger partial charge in [0, 0.05) is 40.3 Å². The molecule has 0 bridgehead atoms. The average molecular weight is 514 g/mol. The number of benzene rings is 2. The minimum absolute atomic E-state index is 0.0360. The normalized spacial score (nSPS) is 18.5. The van der Waals surface area contributed by atoms with E-state index in [9.17, 15) is 9.59 Å². The monoisotopic (exact) mass is 513 g/mol. The first kappa shape index (κ1) is 25.1. The molecule has 2 heterocycles. The smallest absolute Gasteiger partial charge is 0.246 e. The van der Waals surface area contributed by atoms with Gasteiger partial charge in [0.05, 0.1) is 6.04 Å². The molecule has 5 rings (SSSR count). The molecule has 5 nitrogen and oxygen atoms in total. The highest BCUT2D eigenvalue weighted by Crippen LogP contribution is 2.40. The van der Waals surface area contributed by atoms with Crippen molar-refractivity contribution in [3.05, 3.63) is 88.1 Å². The summed E-state index contributed by atoms with van der Waals surface area (Å²) in [6.45, 7) is 11.2. The average Bonchev–Trinajstić information content (AvgIpc) is 3.11. The fourth-order valence-corrected chi connectivity index (χ4v) is 5.58. The molecule has 0 spiro atoms. The van der Waals surface area contributed by atoms with Crippen LogP contribution in [0.5, 0.6) is 0 Å². The lowest BCUT2D eigenvalue weighted by molar-refractivity contribution is -0.133. The molecule has 1 N–H and O–H groups in total. The molecule has 0 saturated carbocycles. The van der Waals surface area contributed by atoms with E-state index in [4.69, 9.17) is 11.6 Å². The van der Waals surface area contributed by atoms with Crippen LogP contribution in [0, 0.1) is 6.92 Å². The second-order valence-electron chi connectivity index (χ2n) is 10.1. The van der Waals surface area contributed by atoms with E-state index in [-0.39, 0.29) is 24.4 Å². The van der Waals surface area contributed by atoms with E-state index >= 15 is 0 Å². The molecule has 190 valence electrons. The molecule has 0 unspecified atom stereocenters. The third-order valence-corrected chi connectivity index (χ3v) is 7.96. The number of carbonyl (C=O) groups excluding carboxylic acids is 2. The summed E-state index contributed by atoms with van der Waals surface area (Å²) in [4.78, 5) is 26.4. The van der Waals surface area contributed by atoms with E-state index in [2.05, 4.69) is 67.6 Å². The minimum Gasteiger partial charge on any atom is -0.348 e. The maximum absolute atomic E-state index is 13.1. The van der Waals surface area contributed by atoms with Crippen molar-refractivity contribution in [2.75, 3.05) is 13.1 Å². The number of nitrogens with zero attached hydrogens (tertiary/aromatic N) is 2. The Bertz CT molecular complexity index is 1490. The molecule has 1 aliphatic heterocycles. The van der Waals surface area contributed by atoms with Gasteiger partial charge in [0.25, 0.3) is 0 Å². The SMILES string of the molecule is C=CC(=O)N1CC(NC(=O)Cn2c(C)c(-c3cccc4c3/C=C\C(C)=C(/C)CC4)c3cc(Cl)ccc32)C1. The van der Waals surface area contributed by atoms with Gasteiger partial charge in [-0.3, -0.25) is 9.59 Å². The number of carbonyl (C=O) groups is 2. The molecule has 1 aromatic heterocycles. The largest absolute Gasteiger partial charge is 0.348 e. The van der Waals surface area contributed by atoms with Gasteiger partial charge in [-0.1, -0.05) is 59.7 Å². The summed E-state index contributed by atoms with van der Waals surface area (Å²) >= 11 is 6.47. The number of amides is 2. The third kappa shape index (κ3) is 4.76. The number of aryl methyl sites for hydroxylation is 1. The topological polar surface area (TPSA) is 54.3 Å².